The molecule has 1 amide bonds. The van der Waals surface area contributed by atoms with Crippen molar-refractivity contribution in [3.05, 3.63) is 47.7 Å². The Kier molecular flexibility index (Phi) is 6.28. The van der Waals surface area contributed by atoms with Crippen LogP contribution < -0.4 is 15.8 Å². The number of nitrogens with one attached hydrogen (secondary N) is 1. The summed E-state index contributed by atoms with van der Waals surface area (Å²) in [7, 11) is 1.64. The van der Waals surface area contributed by atoms with Crippen molar-refractivity contribution in [2.24, 2.45) is 16.6 Å². The number of aliphatic imine (C=N–C) groups is 1. The molecule has 1 fully saturated rings. The number of thioether (sulfide) groups is 1. The summed E-state index contributed by atoms with van der Waals surface area (Å²) in [6, 6.07) is 4.41. The van der Waals surface area contributed by atoms with Crippen LogP contribution in [0.4, 0.5) is 10.1 Å². The molecule has 0 unspecified atom stereocenters. The van der Waals surface area contributed by atoms with Gasteiger partial charge in [-0.2, -0.15) is 0 Å². The molecule has 3 atom stereocenters. The van der Waals surface area contributed by atoms with Crippen LogP contribution in [0, 0.1) is 24.1 Å². The van der Waals surface area contributed by atoms with Crippen molar-refractivity contribution in [1.29, 1.82) is 0 Å². The maximum Gasteiger partial charge on any atom is 0.275 e. The summed E-state index contributed by atoms with van der Waals surface area (Å²) in [5, 5.41) is 3.14. The number of nitrogens with two attached hydrogens (primary N) is 1. The molecule has 172 valence electrons. The van der Waals surface area contributed by atoms with Crippen LogP contribution in [-0.2, 0) is 10.3 Å². The van der Waals surface area contributed by atoms with Gasteiger partial charge in [0.15, 0.2) is 5.17 Å². The summed E-state index contributed by atoms with van der Waals surface area (Å²) < 4.78 is 25.5. The molecule has 0 spiro atoms. The molecule has 1 aliphatic heterocycles. The zero-order chi connectivity index (χ0) is 23.6. The number of nitrogens with zero attached hydrogens (tertiary/aromatic N) is 3. The number of hydrogen-bond donors (Lipinski definition) is 2. The molecule has 8 nitrogen and oxygen atoms in total. The number of ether oxygens (including phenoxy) is 2. The summed E-state index contributed by atoms with van der Waals surface area (Å²) in [6.07, 6.45) is 9.09. The van der Waals surface area contributed by atoms with Crippen molar-refractivity contribution in [3.8, 4) is 18.2 Å². The van der Waals surface area contributed by atoms with E-state index in [1.54, 1.807) is 13.2 Å². The minimum absolute atomic E-state index is 0.0654. The highest BCUT2D eigenvalue weighted by molar-refractivity contribution is 8.15. The number of rotatable bonds is 8. The van der Waals surface area contributed by atoms with Gasteiger partial charge in [-0.05, 0) is 31.5 Å². The lowest BCUT2D eigenvalue weighted by atomic mass is 9.85. The molecule has 0 radical (unpaired) electrons. The number of carbonyl (C=O) groups excluding carboxylic acids is 1. The molecular weight excluding hydrogens is 445 g/mol. The molecule has 10 heteroatoms. The maximum atomic E-state index is 15.0. The highest BCUT2D eigenvalue weighted by Crippen LogP contribution is 2.66. The summed E-state index contributed by atoms with van der Waals surface area (Å²) in [4.78, 5) is 25.4. The smallest absolute Gasteiger partial charge is 0.275 e. The third-order valence-corrected chi connectivity index (χ3v) is 7.14. The molecule has 33 heavy (non-hydrogen) atoms. The number of halogens is 1. The van der Waals surface area contributed by atoms with Gasteiger partial charge >= 0.3 is 0 Å². The van der Waals surface area contributed by atoms with Gasteiger partial charge in [-0.1, -0.05) is 11.8 Å². The van der Waals surface area contributed by atoms with Gasteiger partial charge in [0.05, 0.1) is 29.3 Å². The van der Waals surface area contributed by atoms with Crippen LogP contribution in [-0.4, -0.2) is 46.1 Å². The Labute approximate surface area is 195 Å². The summed E-state index contributed by atoms with van der Waals surface area (Å²) >= 11 is 1.48. The highest BCUT2D eigenvalue weighted by Gasteiger charge is 2.66. The van der Waals surface area contributed by atoms with Gasteiger partial charge in [0.1, 0.15) is 18.1 Å². The average Bonchev–Trinajstić information content (AvgIpc) is 3.50. The van der Waals surface area contributed by atoms with Crippen LogP contribution in [0.15, 0.2) is 35.6 Å². The van der Waals surface area contributed by atoms with E-state index in [1.807, 2.05) is 6.92 Å². The van der Waals surface area contributed by atoms with Crippen LogP contribution in [0.5, 0.6) is 5.88 Å². The van der Waals surface area contributed by atoms with Crippen molar-refractivity contribution in [2.45, 2.75) is 30.1 Å². The normalized spacial score (nSPS) is 25.4. The number of anilines is 1. The lowest BCUT2D eigenvalue weighted by Crippen LogP contribution is -2.37. The van der Waals surface area contributed by atoms with Crippen LogP contribution in [0.2, 0.25) is 0 Å². The summed E-state index contributed by atoms with van der Waals surface area (Å²) in [5.41, 5.74) is 6.12. The Morgan fingerprint density at radius 2 is 2.24 bits per heavy atom. The Bertz CT molecular complexity index is 1140. The molecule has 3 N–H and O–H groups in total. The number of benzene rings is 1. The van der Waals surface area contributed by atoms with Crippen molar-refractivity contribution < 1.29 is 18.7 Å². The van der Waals surface area contributed by atoms with Gasteiger partial charge in [0, 0.05) is 30.7 Å². The van der Waals surface area contributed by atoms with E-state index in [9.17, 15) is 9.18 Å². The van der Waals surface area contributed by atoms with E-state index < -0.39 is 17.3 Å². The first kappa shape index (κ1) is 23.0. The molecular formula is C23H24FN5O3S. The second-order valence-corrected chi connectivity index (χ2v) is 9.58. The molecule has 0 saturated heterocycles. The zero-order valence-electron chi connectivity index (χ0n) is 18.3. The number of amidine groups is 1. The van der Waals surface area contributed by atoms with Crippen LogP contribution in [0.1, 0.15) is 35.8 Å². The van der Waals surface area contributed by atoms with Gasteiger partial charge in [-0.15, -0.1) is 12.3 Å². The van der Waals surface area contributed by atoms with Gasteiger partial charge in [-0.25, -0.2) is 14.4 Å². The zero-order valence-corrected chi connectivity index (χ0v) is 19.1. The third-order valence-electron chi connectivity index (χ3n) is 5.87. The van der Waals surface area contributed by atoms with E-state index in [1.165, 1.54) is 36.3 Å². The van der Waals surface area contributed by atoms with Crippen molar-refractivity contribution in [3.63, 3.8) is 0 Å². The van der Waals surface area contributed by atoms with Gasteiger partial charge in [0.2, 0.25) is 5.88 Å². The summed E-state index contributed by atoms with van der Waals surface area (Å²) in [6.45, 7) is 2.69. The van der Waals surface area contributed by atoms with E-state index in [4.69, 9.17) is 21.6 Å². The fourth-order valence-corrected chi connectivity index (χ4v) is 5.69. The monoisotopic (exact) mass is 469 g/mol. The topological polar surface area (TPSA) is 112 Å². The third kappa shape index (κ3) is 4.51. The largest absolute Gasteiger partial charge is 0.476 e. The van der Waals surface area contributed by atoms with Gasteiger partial charge < -0.3 is 20.5 Å². The first-order valence-electron chi connectivity index (χ1n) is 10.3. The highest BCUT2D eigenvalue weighted by atomic mass is 32.2. The molecule has 4 rings (SSSR count). The van der Waals surface area contributed by atoms with Crippen molar-refractivity contribution in [1.82, 2.24) is 9.97 Å². The standard InChI is InChI=1S/C23H24FN5O3S/c1-4-5-8-32-19-12-26-17(11-27-19)20(30)28-14-6-7-16(24)15(9-14)22(2)18-10-23(18,13-31-3)33-21(25)29-22/h1,6-7,9,11-12,18H,5,8,10,13H2,2-3H3,(H2,25,29)(H,28,30)/t18-,22+,23+/m0/s1. The average molecular weight is 470 g/mol. The summed E-state index contributed by atoms with van der Waals surface area (Å²) in [5.74, 6) is 1.90. The molecule has 2 heterocycles. The Hall–Kier alpha value is -3.16. The van der Waals surface area contributed by atoms with E-state index >= 15 is 0 Å². The second-order valence-electron chi connectivity index (χ2n) is 8.15. The Morgan fingerprint density at radius 1 is 1.42 bits per heavy atom. The Morgan fingerprint density at radius 3 is 2.94 bits per heavy atom. The van der Waals surface area contributed by atoms with Crippen LogP contribution >= 0.6 is 11.8 Å². The maximum absolute atomic E-state index is 15.0. The van der Waals surface area contributed by atoms with Crippen molar-refractivity contribution >= 4 is 28.5 Å². The van der Waals surface area contributed by atoms with E-state index in [-0.39, 0.29) is 22.2 Å². The SMILES string of the molecule is C#CCCOc1cnc(C(=O)Nc2ccc(F)c([C@@]3(C)N=C(N)S[C@@]4(COC)C[C@H]43)c2)cn1. The molecule has 1 aromatic heterocycles. The van der Waals surface area contributed by atoms with Crippen LogP contribution in [0.25, 0.3) is 0 Å². The Balaban J connectivity index is 1.53. The number of aromatic nitrogens is 2. The fourth-order valence-electron chi connectivity index (χ4n) is 4.24. The predicted octanol–water partition coefficient (Wildman–Crippen LogP) is 2.95. The quantitative estimate of drug-likeness (QED) is 0.452. The number of fused-ring (bicyclic) bond motifs is 1. The fraction of sp³-hybridized carbons (Fsp3) is 0.391. The van der Waals surface area contributed by atoms with Gasteiger partial charge in [0.25, 0.3) is 5.91 Å². The van der Waals surface area contributed by atoms with E-state index in [0.29, 0.717) is 36.1 Å². The number of terminal acetylenes is 1. The predicted molar refractivity (Wildman–Crippen MR) is 125 cm³/mol. The van der Waals surface area contributed by atoms with E-state index in [2.05, 4.69) is 26.2 Å². The molecule has 1 aliphatic carbocycles. The van der Waals surface area contributed by atoms with Crippen molar-refractivity contribution in [2.75, 3.05) is 25.6 Å². The number of carbonyl (C=O) groups is 1. The second kappa shape index (κ2) is 9.00. The number of amides is 1. The molecule has 2 aliphatic rings. The number of hydrogen-bond acceptors (Lipinski definition) is 8. The first-order valence-corrected chi connectivity index (χ1v) is 11.2. The first-order chi connectivity index (χ1) is 15.8. The van der Waals surface area contributed by atoms with Crippen LogP contribution in [0.3, 0.4) is 0 Å². The lowest BCUT2D eigenvalue weighted by molar-refractivity contribution is 0.102. The molecule has 1 saturated carbocycles. The molecule has 1 aromatic carbocycles. The van der Waals surface area contributed by atoms with E-state index in [0.717, 1.165) is 6.42 Å². The lowest BCUT2D eigenvalue weighted by Gasteiger charge is -2.34. The molecule has 2 aromatic rings. The molecule has 0 bridgehead atoms. The minimum Gasteiger partial charge on any atom is -0.476 e. The minimum atomic E-state index is -0.865. The van der Waals surface area contributed by atoms with Gasteiger partial charge in [-0.3, -0.25) is 9.79 Å². The number of methoxy groups -OCH3 is 1.